The summed E-state index contributed by atoms with van der Waals surface area (Å²) in [5.41, 5.74) is -0.985. The fourth-order valence-electron chi connectivity index (χ4n) is 1.71. The molecule has 0 saturated carbocycles. The molecule has 2 aromatic carbocycles. The second-order valence-electron chi connectivity index (χ2n) is 4.15. The van der Waals surface area contributed by atoms with Crippen molar-refractivity contribution in [3.8, 4) is 0 Å². The molecule has 0 N–H and O–H groups in total. The summed E-state index contributed by atoms with van der Waals surface area (Å²) in [4.78, 5) is 12.3. The Bertz CT molecular complexity index is 714. The predicted octanol–water partition coefficient (Wildman–Crippen LogP) is 6.01. The first-order chi connectivity index (χ1) is 9.70. The Morgan fingerprint density at radius 1 is 1.05 bits per heavy atom. The van der Waals surface area contributed by atoms with Gasteiger partial charge in [0.25, 0.3) is 0 Å². The summed E-state index contributed by atoms with van der Waals surface area (Å²) in [7, 11) is 0. The quantitative estimate of drug-likeness (QED) is 0.567. The van der Waals surface area contributed by atoms with Crippen LogP contribution < -0.4 is 0 Å². The molecule has 0 bridgehead atoms. The monoisotopic (exact) mass is 396 g/mol. The second kappa shape index (κ2) is 5.99. The summed E-state index contributed by atoms with van der Waals surface area (Å²) in [6, 6.07) is 7.47. The van der Waals surface area contributed by atoms with Gasteiger partial charge in [-0.2, -0.15) is 13.2 Å². The molecule has 1 nitrogen and oxygen atoms in total. The summed E-state index contributed by atoms with van der Waals surface area (Å²) in [6.45, 7) is 0. The molecule has 0 amide bonds. The number of rotatable bonds is 2. The fraction of sp³-hybridized carbons (Fsp3) is 0.0714. The first-order valence-electron chi connectivity index (χ1n) is 5.56. The van der Waals surface area contributed by atoms with Crippen LogP contribution in [0.3, 0.4) is 0 Å². The predicted molar refractivity (Wildman–Crippen MR) is 79.0 cm³/mol. The maximum atomic E-state index is 12.8. The molecule has 0 unspecified atom stereocenters. The van der Waals surface area contributed by atoms with Crippen LogP contribution in [0.5, 0.6) is 0 Å². The molecule has 0 atom stereocenters. The number of halogens is 6. The highest BCUT2D eigenvalue weighted by atomic mass is 79.9. The zero-order valence-electron chi connectivity index (χ0n) is 10.1. The minimum Gasteiger partial charge on any atom is -0.289 e. The van der Waals surface area contributed by atoms with Crippen LogP contribution in [0.2, 0.25) is 10.0 Å². The van der Waals surface area contributed by atoms with Crippen molar-refractivity contribution < 1.29 is 18.0 Å². The highest BCUT2D eigenvalue weighted by Gasteiger charge is 2.33. The molecule has 21 heavy (non-hydrogen) atoms. The number of hydrogen-bond acceptors (Lipinski definition) is 1. The van der Waals surface area contributed by atoms with E-state index in [9.17, 15) is 18.0 Å². The van der Waals surface area contributed by atoms with Crippen LogP contribution in [0.4, 0.5) is 13.2 Å². The number of carbonyl (C=O) groups excluding carboxylic acids is 1. The zero-order valence-corrected chi connectivity index (χ0v) is 13.2. The van der Waals surface area contributed by atoms with Crippen molar-refractivity contribution in [1.82, 2.24) is 0 Å². The van der Waals surface area contributed by atoms with Crippen molar-refractivity contribution in [3.05, 3.63) is 67.6 Å². The van der Waals surface area contributed by atoms with E-state index in [0.717, 1.165) is 6.07 Å². The summed E-state index contributed by atoms with van der Waals surface area (Å²) in [6.07, 6.45) is -4.56. The third-order valence-electron chi connectivity index (χ3n) is 2.71. The first kappa shape index (κ1) is 16.3. The van der Waals surface area contributed by atoms with E-state index in [1.54, 1.807) is 0 Å². The van der Waals surface area contributed by atoms with Gasteiger partial charge in [-0.05, 0) is 36.4 Å². The third-order valence-corrected chi connectivity index (χ3v) is 3.96. The number of alkyl halides is 3. The normalized spacial score (nSPS) is 11.5. The molecule has 0 aliphatic rings. The molecule has 7 heteroatoms. The van der Waals surface area contributed by atoms with Gasteiger partial charge in [0.05, 0.1) is 10.6 Å². The highest BCUT2D eigenvalue weighted by molar-refractivity contribution is 9.10. The lowest BCUT2D eigenvalue weighted by molar-refractivity contribution is -0.138. The lowest BCUT2D eigenvalue weighted by atomic mass is 10.0. The molecule has 0 heterocycles. The first-order valence-corrected chi connectivity index (χ1v) is 7.11. The maximum Gasteiger partial charge on any atom is 0.417 e. The highest BCUT2D eigenvalue weighted by Crippen LogP contribution is 2.36. The Morgan fingerprint density at radius 2 is 1.71 bits per heavy atom. The van der Waals surface area contributed by atoms with Gasteiger partial charge in [-0.1, -0.05) is 39.1 Å². The van der Waals surface area contributed by atoms with Gasteiger partial charge in [0, 0.05) is 20.6 Å². The van der Waals surface area contributed by atoms with E-state index in [-0.39, 0.29) is 25.6 Å². The van der Waals surface area contributed by atoms with Gasteiger partial charge in [-0.15, -0.1) is 0 Å². The lowest BCUT2D eigenvalue weighted by Crippen LogP contribution is -2.09. The van der Waals surface area contributed by atoms with Gasteiger partial charge in [-0.3, -0.25) is 4.79 Å². The van der Waals surface area contributed by atoms with E-state index in [0.29, 0.717) is 0 Å². The summed E-state index contributed by atoms with van der Waals surface area (Å²) in [5, 5.41) is 0.400. The van der Waals surface area contributed by atoms with Crippen molar-refractivity contribution in [2.24, 2.45) is 0 Å². The maximum absolute atomic E-state index is 12.8. The minimum absolute atomic E-state index is 0.0552. The van der Waals surface area contributed by atoms with Gasteiger partial charge < -0.3 is 0 Å². The van der Waals surface area contributed by atoms with Gasteiger partial charge in [0.2, 0.25) is 0 Å². The third kappa shape index (κ3) is 3.59. The van der Waals surface area contributed by atoms with Crippen LogP contribution in [0, 0.1) is 0 Å². The van der Waals surface area contributed by atoms with Crippen molar-refractivity contribution in [1.29, 1.82) is 0 Å². The average molecular weight is 398 g/mol. The number of hydrogen-bond donors (Lipinski definition) is 0. The Morgan fingerprint density at radius 3 is 2.33 bits per heavy atom. The molecule has 110 valence electrons. The number of carbonyl (C=O) groups is 1. The largest absolute Gasteiger partial charge is 0.417 e. The van der Waals surface area contributed by atoms with Gasteiger partial charge >= 0.3 is 6.18 Å². The topological polar surface area (TPSA) is 17.1 Å². The molecule has 0 spiro atoms. The summed E-state index contributed by atoms with van der Waals surface area (Å²) < 4.78 is 38.4. The molecule has 0 aliphatic carbocycles. The van der Waals surface area contributed by atoms with Crippen molar-refractivity contribution in [3.63, 3.8) is 0 Å². The minimum atomic E-state index is -4.56. The van der Waals surface area contributed by atoms with Gasteiger partial charge in [0.15, 0.2) is 5.78 Å². The molecule has 2 rings (SSSR count). The molecule has 0 saturated heterocycles. The molecule has 0 aromatic heterocycles. The average Bonchev–Trinajstić information content (AvgIpc) is 2.40. The van der Waals surface area contributed by atoms with Crippen LogP contribution in [0.25, 0.3) is 0 Å². The lowest BCUT2D eigenvalue weighted by Gasteiger charge is -2.11. The molecular weight excluding hydrogens is 392 g/mol. The van der Waals surface area contributed by atoms with Crippen LogP contribution in [0.15, 0.2) is 40.9 Å². The van der Waals surface area contributed by atoms with E-state index in [2.05, 4.69) is 15.9 Å². The number of benzene rings is 2. The molecule has 0 aliphatic heterocycles. The van der Waals surface area contributed by atoms with Crippen LogP contribution in [-0.2, 0) is 6.18 Å². The van der Waals surface area contributed by atoms with Crippen LogP contribution in [-0.4, -0.2) is 5.78 Å². The van der Waals surface area contributed by atoms with Crippen molar-refractivity contribution >= 4 is 44.9 Å². The van der Waals surface area contributed by atoms with E-state index in [1.807, 2.05) is 0 Å². The van der Waals surface area contributed by atoms with E-state index >= 15 is 0 Å². The van der Waals surface area contributed by atoms with E-state index in [4.69, 9.17) is 23.2 Å². The van der Waals surface area contributed by atoms with Crippen LogP contribution in [0.1, 0.15) is 21.5 Å². The summed E-state index contributed by atoms with van der Waals surface area (Å²) in [5.74, 6) is -0.625. The summed E-state index contributed by atoms with van der Waals surface area (Å²) >= 11 is 14.5. The van der Waals surface area contributed by atoms with Crippen molar-refractivity contribution in [2.75, 3.05) is 0 Å². The Labute approximate surface area is 136 Å². The molecule has 2 aromatic rings. The molecule has 0 radical (unpaired) electrons. The van der Waals surface area contributed by atoms with Crippen molar-refractivity contribution in [2.45, 2.75) is 6.18 Å². The second-order valence-corrected chi connectivity index (χ2v) is 5.84. The SMILES string of the molecule is O=C(c1ccc(Br)c(C(F)(F)F)c1)c1cc(Cl)ccc1Cl. The van der Waals surface area contributed by atoms with Crippen LogP contribution >= 0.6 is 39.1 Å². The Balaban J connectivity index is 2.52. The standard InChI is InChI=1S/C14H6BrCl2F3O/c15-11-3-1-7(5-10(11)14(18,19)20)13(21)9-6-8(16)2-4-12(9)17/h1-6H. The van der Waals surface area contributed by atoms with Gasteiger partial charge in [-0.25, -0.2) is 0 Å². The zero-order chi connectivity index (χ0) is 15.8. The molecule has 0 fully saturated rings. The Hall–Kier alpha value is -1.04. The van der Waals surface area contributed by atoms with E-state index < -0.39 is 17.5 Å². The Kier molecular flexibility index (Phi) is 4.66. The fourth-order valence-corrected chi connectivity index (χ4v) is 2.56. The number of ketones is 1. The smallest absolute Gasteiger partial charge is 0.289 e. The molecular formula is C14H6BrCl2F3O. The van der Waals surface area contributed by atoms with Gasteiger partial charge in [0.1, 0.15) is 0 Å². The van der Waals surface area contributed by atoms with E-state index in [1.165, 1.54) is 30.3 Å².